The van der Waals surface area contributed by atoms with Crippen LogP contribution in [0.15, 0.2) is 29.6 Å². The highest BCUT2D eigenvalue weighted by Crippen LogP contribution is 2.28. The van der Waals surface area contributed by atoms with Crippen LogP contribution in [0.5, 0.6) is 10.8 Å². The van der Waals surface area contributed by atoms with Gasteiger partial charge >= 0.3 is 0 Å². The summed E-state index contributed by atoms with van der Waals surface area (Å²) in [5, 5.41) is 2.15. The summed E-state index contributed by atoms with van der Waals surface area (Å²) < 4.78 is 30.9. The molecule has 1 nitrogen and oxygen atoms in total. The molecule has 71 valence electrons. The molecule has 0 amide bonds. The molecule has 4 heteroatoms. The molecule has 1 radical (unpaired) electrons. The van der Waals surface area contributed by atoms with Gasteiger partial charge in [0.15, 0.2) is 16.6 Å². The summed E-state index contributed by atoms with van der Waals surface area (Å²) in [6.45, 7) is 0. The second-order valence-corrected chi connectivity index (χ2v) is 3.42. The largest absolute Gasteiger partial charge is 0.443 e. The molecular weight excluding hydrogens is 206 g/mol. The Morgan fingerprint density at radius 1 is 1.29 bits per heavy atom. The third-order valence-electron chi connectivity index (χ3n) is 1.55. The van der Waals surface area contributed by atoms with E-state index in [0.29, 0.717) is 5.06 Å². The summed E-state index contributed by atoms with van der Waals surface area (Å²) in [5.41, 5.74) is 0. The van der Waals surface area contributed by atoms with E-state index in [4.69, 9.17) is 4.74 Å². The summed E-state index contributed by atoms with van der Waals surface area (Å²) in [6, 6.07) is 7.41. The van der Waals surface area contributed by atoms with Gasteiger partial charge in [-0.3, -0.25) is 0 Å². The number of ether oxygens (including phenoxy) is 1. The van der Waals surface area contributed by atoms with E-state index in [0.717, 1.165) is 18.2 Å². The van der Waals surface area contributed by atoms with Gasteiger partial charge in [0.25, 0.3) is 0 Å². The van der Waals surface area contributed by atoms with Gasteiger partial charge in [-0.05, 0) is 18.2 Å². The van der Waals surface area contributed by atoms with Crippen molar-refractivity contribution >= 4 is 11.3 Å². The van der Waals surface area contributed by atoms with Crippen molar-refractivity contribution in [1.82, 2.24) is 0 Å². The van der Waals surface area contributed by atoms with Gasteiger partial charge in [0.1, 0.15) is 5.82 Å². The van der Waals surface area contributed by atoms with Crippen LogP contribution in [0.4, 0.5) is 8.78 Å². The summed E-state index contributed by atoms with van der Waals surface area (Å²) >= 11 is 1.27. The molecule has 2 rings (SSSR count). The van der Waals surface area contributed by atoms with Gasteiger partial charge in [0.05, 0.1) is 0 Å². The van der Waals surface area contributed by atoms with Gasteiger partial charge in [0, 0.05) is 17.5 Å². The van der Waals surface area contributed by atoms with Crippen LogP contribution < -0.4 is 4.74 Å². The van der Waals surface area contributed by atoms with Crippen LogP contribution in [0, 0.1) is 17.7 Å². The topological polar surface area (TPSA) is 9.23 Å². The second-order valence-electron chi connectivity index (χ2n) is 2.54. The number of benzene rings is 1. The van der Waals surface area contributed by atoms with Crippen molar-refractivity contribution in [2.75, 3.05) is 0 Å². The molecule has 1 heterocycles. The lowest BCUT2D eigenvalue weighted by molar-refractivity contribution is 0.446. The van der Waals surface area contributed by atoms with E-state index in [2.05, 4.69) is 6.07 Å². The van der Waals surface area contributed by atoms with Crippen LogP contribution in [-0.4, -0.2) is 0 Å². The Hall–Kier alpha value is -1.42. The molecule has 1 aromatic heterocycles. The van der Waals surface area contributed by atoms with Crippen molar-refractivity contribution in [3.8, 4) is 10.8 Å². The number of thiophene rings is 1. The zero-order chi connectivity index (χ0) is 9.97. The van der Waals surface area contributed by atoms with Gasteiger partial charge in [-0.2, -0.15) is 0 Å². The van der Waals surface area contributed by atoms with Gasteiger partial charge in [-0.1, -0.05) is 0 Å². The first-order valence-electron chi connectivity index (χ1n) is 3.83. The molecule has 0 bridgehead atoms. The maximum atomic E-state index is 13.1. The van der Waals surface area contributed by atoms with Crippen LogP contribution >= 0.6 is 11.3 Å². The number of hydrogen-bond donors (Lipinski definition) is 0. The standard InChI is InChI=1S/C10H5F2OS/c11-7-3-4-8(12)9(6-7)13-10-2-1-5-14-10/h2-6H. The zero-order valence-corrected chi connectivity index (χ0v) is 7.78. The quantitative estimate of drug-likeness (QED) is 0.737. The average molecular weight is 211 g/mol. The van der Waals surface area contributed by atoms with E-state index in [9.17, 15) is 8.78 Å². The zero-order valence-electron chi connectivity index (χ0n) is 6.96. The summed E-state index contributed by atoms with van der Waals surface area (Å²) in [7, 11) is 0. The minimum absolute atomic E-state index is 0.110. The highest BCUT2D eigenvalue weighted by Gasteiger charge is 2.06. The van der Waals surface area contributed by atoms with Crippen LogP contribution in [0.1, 0.15) is 0 Å². The molecule has 0 atom stereocenters. The first kappa shape index (κ1) is 9.15. The molecule has 0 aliphatic heterocycles. The maximum absolute atomic E-state index is 13.1. The maximum Gasteiger partial charge on any atom is 0.181 e. The monoisotopic (exact) mass is 211 g/mol. The number of halogens is 2. The minimum atomic E-state index is -0.584. The highest BCUT2D eigenvalue weighted by atomic mass is 32.1. The average Bonchev–Trinajstić information content (AvgIpc) is 2.64. The molecule has 0 aliphatic carbocycles. The Balaban J connectivity index is 2.28. The number of hydrogen-bond acceptors (Lipinski definition) is 2. The van der Waals surface area contributed by atoms with Crippen LogP contribution in [0.2, 0.25) is 0 Å². The van der Waals surface area contributed by atoms with Crippen LogP contribution in [-0.2, 0) is 0 Å². The fourth-order valence-electron chi connectivity index (χ4n) is 0.945. The van der Waals surface area contributed by atoms with Crippen molar-refractivity contribution in [3.05, 3.63) is 47.3 Å². The van der Waals surface area contributed by atoms with E-state index in [-0.39, 0.29) is 5.75 Å². The fraction of sp³-hybridized carbons (Fsp3) is 0. The van der Waals surface area contributed by atoms with E-state index in [1.54, 1.807) is 11.4 Å². The SMILES string of the molecule is Fc1ccc(F)c(Oc2c[c]cs2)c1. The lowest BCUT2D eigenvalue weighted by Gasteiger charge is -2.03. The Labute approximate surface area is 83.6 Å². The van der Waals surface area contributed by atoms with Gasteiger partial charge in [-0.25, -0.2) is 8.78 Å². The first-order chi connectivity index (χ1) is 6.75. The van der Waals surface area contributed by atoms with E-state index in [1.807, 2.05) is 0 Å². The van der Waals surface area contributed by atoms with Crippen LogP contribution in [0.3, 0.4) is 0 Å². The Kier molecular flexibility index (Phi) is 2.45. The molecule has 0 aliphatic rings. The highest BCUT2D eigenvalue weighted by molar-refractivity contribution is 7.11. The Morgan fingerprint density at radius 3 is 2.86 bits per heavy atom. The molecule has 0 spiro atoms. The lowest BCUT2D eigenvalue weighted by Crippen LogP contribution is -1.87. The Morgan fingerprint density at radius 2 is 2.14 bits per heavy atom. The Bertz CT molecular complexity index is 426. The van der Waals surface area contributed by atoms with E-state index in [1.165, 1.54) is 11.3 Å². The predicted octanol–water partition coefficient (Wildman–Crippen LogP) is 3.62. The molecule has 0 N–H and O–H groups in total. The van der Waals surface area contributed by atoms with E-state index < -0.39 is 11.6 Å². The minimum Gasteiger partial charge on any atom is -0.443 e. The molecule has 1 aromatic carbocycles. The predicted molar refractivity (Wildman–Crippen MR) is 49.6 cm³/mol. The third-order valence-corrected chi connectivity index (χ3v) is 2.24. The smallest absolute Gasteiger partial charge is 0.181 e. The van der Waals surface area contributed by atoms with Crippen molar-refractivity contribution in [2.45, 2.75) is 0 Å². The molecule has 14 heavy (non-hydrogen) atoms. The summed E-state index contributed by atoms with van der Waals surface area (Å²) in [5.74, 6) is -1.22. The van der Waals surface area contributed by atoms with Gasteiger partial charge < -0.3 is 4.74 Å². The number of rotatable bonds is 2. The molecule has 0 saturated carbocycles. The normalized spacial score (nSPS) is 10.1. The summed E-state index contributed by atoms with van der Waals surface area (Å²) in [6.07, 6.45) is 0. The molecule has 2 aromatic rings. The second kappa shape index (κ2) is 3.75. The molecular formula is C10H5F2OS. The van der Waals surface area contributed by atoms with Crippen molar-refractivity contribution < 1.29 is 13.5 Å². The molecule has 0 saturated heterocycles. The van der Waals surface area contributed by atoms with Gasteiger partial charge in [0.2, 0.25) is 0 Å². The summed E-state index contributed by atoms with van der Waals surface area (Å²) in [4.78, 5) is 0. The van der Waals surface area contributed by atoms with Gasteiger partial charge in [-0.15, -0.1) is 11.3 Å². The van der Waals surface area contributed by atoms with Crippen molar-refractivity contribution in [3.63, 3.8) is 0 Å². The molecule has 0 unspecified atom stereocenters. The molecule has 0 fully saturated rings. The fourth-order valence-corrected chi connectivity index (χ4v) is 1.47. The van der Waals surface area contributed by atoms with Crippen LogP contribution in [0.25, 0.3) is 0 Å². The van der Waals surface area contributed by atoms with Crippen molar-refractivity contribution in [1.29, 1.82) is 0 Å². The lowest BCUT2D eigenvalue weighted by atomic mass is 10.3. The first-order valence-corrected chi connectivity index (χ1v) is 4.71. The third kappa shape index (κ3) is 1.90. The van der Waals surface area contributed by atoms with Crippen molar-refractivity contribution in [2.24, 2.45) is 0 Å². The van der Waals surface area contributed by atoms with E-state index >= 15 is 0 Å².